The molecule has 11 heteroatoms. The van der Waals surface area contributed by atoms with Crippen molar-refractivity contribution in [2.75, 3.05) is 107 Å². The molecule has 0 N–H and O–H groups in total. The molecule has 194 valence electrons. The van der Waals surface area contributed by atoms with Crippen LogP contribution in [0, 0.1) is 5.92 Å². The van der Waals surface area contributed by atoms with Crippen molar-refractivity contribution in [3.63, 3.8) is 0 Å². The Balaban J connectivity index is 3.09. The monoisotopic (exact) mass is 482 g/mol. The summed E-state index contributed by atoms with van der Waals surface area (Å²) in [6, 6.07) is 0. The van der Waals surface area contributed by atoms with Crippen molar-refractivity contribution in [3.8, 4) is 0 Å². The van der Waals surface area contributed by atoms with E-state index in [-0.39, 0.29) is 37.4 Å². The van der Waals surface area contributed by atoms with Gasteiger partial charge in [0.25, 0.3) is 0 Å². The van der Waals surface area contributed by atoms with Gasteiger partial charge in [-0.3, -0.25) is 29.2 Å². The number of nitrogens with zero attached hydrogens (tertiary/aromatic N) is 6. The maximum absolute atomic E-state index is 12.4. The van der Waals surface area contributed by atoms with Crippen LogP contribution in [-0.2, 0) is 24.0 Å². The summed E-state index contributed by atoms with van der Waals surface area (Å²) in [5, 5.41) is 0. The van der Waals surface area contributed by atoms with E-state index < -0.39 is 0 Å². The highest BCUT2D eigenvalue weighted by Crippen LogP contribution is 2.07. The largest absolute Gasteiger partial charge is 0.348 e. The minimum atomic E-state index is -0.380. The molecule has 1 unspecified atom stereocenters. The first-order chi connectivity index (χ1) is 16.2. The lowest BCUT2D eigenvalue weighted by Crippen LogP contribution is -2.48. The van der Waals surface area contributed by atoms with Crippen molar-refractivity contribution >= 4 is 30.7 Å². The lowest BCUT2D eigenvalue weighted by molar-refractivity contribution is -0.131. The Labute approximate surface area is 203 Å². The van der Waals surface area contributed by atoms with E-state index in [4.69, 9.17) is 0 Å². The normalized spacial score (nSPS) is 20.8. The summed E-state index contributed by atoms with van der Waals surface area (Å²) in [7, 11) is 6.84. The third-order valence-corrected chi connectivity index (χ3v) is 5.97. The topological polar surface area (TPSA) is 105 Å². The quantitative estimate of drug-likeness (QED) is 0.345. The van der Waals surface area contributed by atoms with Gasteiger partial charge in [0.15, 0.2) is 0 Å². The molecule has 1 rings (SSSR count). The van der Waals surface area contributed by atoms with Gasteiger partial charge < -0.3 is 24.2 Å². The zero-order chi connectivity index (χ0) is 25.5. The summed E-state index contributed by atoms with van der Waals surface area (Å²) in [6.45, 7) is 5.30. The highest BCUT2D eigenvalue weighted by atomic mass is 16.2. The molecule has 11 nitrogen and oxygen atoms in total. The lowest BCUT2D eigenvalue weighted by atomic mass is 10.1. The van der Waals surface area contributed by atoms with Gasteiger partial charge >= 0.3 is 0 Å². The van der Waals surface area contributed by atoms with Crippen LogP contribution in [0.3, 0.4) is 0 Å². The molecular formula is C23H42N6O5. The van der Waals surface area contributed by atoms with Crippen molar-refractivity contribution in [3.05, 3.63) is 0 Å². The maximum Gasteiger partial charge on any atom is 0.236 e. The average molecular weight is 483 g/mol. The second kappa shape index (κ2) is 16.4. The molecule has 0 aliphatic carbocycles. The molecule has 1 atom stereocenters. The Morgan fingerprint density at radius 2 is 1.12 bits per heavy atom. The van der Waals surface area contributed by atoms with Crippen LogP contribution in [0.4, 0.5) is 0 Å². The number of hydrogen-bond acceptors (Lipinski definition) is 9. The summed E-state index contributed by atoms with van der Waals surface area (Å²) in [4.78, 5) is 70.1. The lowest BCUT2D eigenvalue weighted by Gasteiger charge is -2.33. The first-order valence-corrected chi connectivity index (χ1v) is 11.8. The summed E-state index contributed by atoms with van der Waals surface area (Å²) < 4.78 is 0. The maximum atomic E-state index is 12.4. The van der Waals surface area contributed by atoms with Gasteiger partial charge in [-0.05, 0) is 19.5 Å². The number of hydrogen-bond donors (Lipinski definition) is 0. The van der Waals surface area contributed by atoms with E-state index in [1.807, 2.05) is 14.7 Å². The van der Waals surface area contributed by atoms with Crippen LogP contribution >= 0.6 is 0 Å². The van der Waals surface area contributed by atoms with Crippen molar-refractivity contribution < 1.29 is 24.0 Å². The van der Waals surface area contributed by atoms with Crippen LogP contribution < -0.4 is 0 Å². The molecule has 1 aliphatic heterocycles. The average Bonchev–Trinajstić information content (AvgIpc) is 2.78. The molecule has 0 bridgehead atoms. The van der Waals surface area contributed by atoms with Crippen LogP contribution in [0.25, 0.3) is 0 Å². The second-order valence-corrected chi connectivity index (χ2v) is 9.23. The van der Waals surface area contributed by atoms with Gasteiger partial charge in [-0.15, -0.1) is 0 Å². The minimum absolute atomic E-state index is 0.00273. The molecule has 1 heterocycles. The van der Waals surface area contributed by atoms with Gasteiger partial charge in [-0.1, -0.05) is 0 Å². The molecule has 0 aromatic rings. The molecule has 0 aromatic heterocycles. The predicted octanol–water partition coefficient (Wildman–Crippen LogP) is -2.01. The highest BCUT2D eigenvalue weighted by Gasteiger charge is 2.22. The molecule has 0 saturated carbocycles. The van der Waals surface area contributed by atoms with Crippen LogP contribution in [0.2, 0.25) is 0 Å². The number of carbonyl (C=O) groups excluding carboxylic acids is 5. The number of carbonyl (C=O) groups is 5. The van der Waals surface area contributed by atoms with Crippen LogP contribution in [0.15, 0.2) is 0 Å². The fourth-order valence-corrected chi connectivity index (χ4v) is 3.82. The zero-order valence-electron chi connectivity index (χ0n) is 21.2. The van der Waals surface area contributed by atoms with E-state index in [0.717, 1.165) is 25.3 Å². The predicted molar refractivity (Wildman–Crippen MR) is 129 cm³/mol. The first-order valence-electron chi connectivity index (χ1n) is 11.8. The van der Waals surface area contributed by atoms with Crippen molar-refractivity contribution in [2.24, 2.45) is 5.92 Å². The number of likely N-dealkylation sites (N-methyl/N-ethyl adjacent to an activating group) is 2. The molecule has 2 amide bonds. The molecule has 0 radical (unpaired) electrons. The van der Waals surface area contributed by atoms with E-state index in [1.54, 1.807) is 33.1 Å². The molecule has 0 spiro atoms. The zero-order valence-corrected chi connectivity index (χ0v) is 21.2. The smallest absolute Gasteiger partial charge is 0.236 e. The van der Waals surface area contributed by atoms with Crippen molar-refractivity contribution in [1.82, 2.24) is 29.4 Å². The van der Waals surface area contributed by atoms with E-state index in [9.17, 15) is 24.0 Å². The standard InChI is InChI=1S/C23H42N6O5/c1-24(2)22(33)18-27-7-5-6-26(12-14-30)8-9-28(13-15-31)16-21(20-32)17-29(11-10-27)19-23(34)25(3)4/h14-15,20-21H,5-13,16-19H2,1-4H3. The fraction of sp³-hybridized carbons (Fsp3) is 0.783. The Morgan fingerprint density at radius 1 is 0.676 bits per heavy atom. The Bertz CT molecular complexity index is 660. The third kappa shape index (κ3) is 11.8. The Hall–Kier alpha value is -2.21. The molecule has 1 fully saturated rings. The fourth-order valence-electron chi connectivity index (χ4n) is 3.82. The highest BCUT2D eigenvalue weighted by molar-refractivity contribution is 5.78. The number of rotatable bonds is 9. The second-order valence-electron chi connectivity index (χ2n) is 9.23. The van der Waals surface area contributed by atoms with E-state index in [0.29, 0.717) is 58.9 Å². The Kier molecular flexibility index (Phi) is 14.4. The van der Waals surface area contributed by atoms with Crippen LogP contribution in [-0.4, -0.2) is 167 Å². The molecule has 0 aromatic carbocycles. The van der Waals surface area contributed by atoms with Crippen LogP contribution in [0.1, 0.15) is 6.42 Å². The van der Waals surface area contributed by atoms with Gasteiger partial charge in [0.1, 0.15) is 18.9 Å². The van der Waals surface area contributed by atoms with Crippen LogP contribution in [0.5, 0.6) is 0 Å². The van der Waals surface area contributed by atoms with E-state index >= 15 is 0 Å². The van der Waals surface area contributed by atoms with Crippen molar-refractivity contribution in [1.29, 1.82) is 0 Å². The molecular weight excluding hydrogens is 440 g/mol. The van der Waals surface area contributed by atoms with Gasteiger partial charge in [-0.2, -0.15) is 0 Å². The third-order valence-electron chi connectivity index (χ3n) is 5.97. The SMILES string of the molecule is CN(C)C(=O)CN1CCCN(CC=O)CCN(CC=O)CC(C=O)CN(CC(=O)N(C)C)CC1. The summed E-state index contributed by atoms with van der Waals surface area (Å²) in [5.41, 5.74) is 0. The van der Waals surface area contributed by atoms with E-state index in [2.05, 4.69) is 4.90 Å². The van der Waals surface area contributed by atoms with Gasteiger partial charge in [0.2, 0.25) is 11.8 Å². The Morgan fingerprint density at radius 3 is 1.68 bits per heavy atom. The number of aldehydes is 3. The first kappa shape index (κ1) is 29.8. The summed E-state index contributed by atoms with van der Waals surface area (Å²) in [5.74, 6) is -0.442. The van der Waals surface area contributed by atoms with Gasteiger partial charge in [0, 0.05) is 73.4 Å². The molecule has 34 heavy (non-hydrogen) atoms. The minimum Gasteiger partial charge on any atom is -0.348 e. The number of amides is 2. The summed E-state index contributed by atoms with van der Waals surface area (Å²) in [6.07, 6.45) is 3.35. The van der Waals surface area contributed by atoms with Crippen molar-refractivity contribution in [2.45, 2.75) is 6.42 Å². The molecule has 1 aliphatic rings. The van der Waals surface area contributed by atoms with Gasteiger partial charge in [0.05, 0.1) is 26.2 Å². The van der Waals surface area contributed by atoms with Gasteiger partial charge in [-0.25, -0.2) is 0 Å². The van der Waals surface area contributed by atoms with E-state index in [1.165, 1.54) is 4.90 Å². The molecule has 1 saturated heterocycles. The summed E-state index contributed by atoms with van der Waals surface area (Å²) >= 11 is 0.